The zero-order valence-electron chi connectivity index (χ0n) is 9.78. The topological polar surface area (TPSA) is 72.2 Å². The number of nitrogens with one attached hydrogen (secondary N) is 1. The molecule has 2 rings (SSSR count). The van der Waals surface area contributed by atoms with Crippen LogP contribution in [0.3, 0.4) is 0 Å². The first-order chi connectivity index (χ1) is 8.33. The molecule has 1 fully saturated rings. The molecule has 1 aliphatic rings. The third-order valence-electron chi connectivity index (χ3n) is 2.80. The lowest BCUT2D eigenvalue weighted by Crippen LogP contribution is -2.20. The van der Waals surface area contributed by atoms with Crippen LogP contribution >= 0.6 is 0 Å². The van der Waals surface area contributed by atoms with Gasteiger partial charge in [-0.1, -0.05) is 0 Å². The van der Waals surface area contributed by atoms with Crippen LogP contribution in [0.1, 0.15) is 31.4 Å². The fourth-order valence-corrected chi connectivity index (χ4v) is 3.07. The Labute approximate surface area is 104 Å². The smallest absolute Gasteiger partial charge is 0.235 e. The van der Waals surface area contributed by atoms with Gasteiger partial charge in [0.15, 0.2) is 5.82 Å². The summed E-state index contributed by atoms with van der Waals surface area (Å²) >= 11 is 0. The van der Waals surface area contributed by atoms with Crippen LogP contribution in [0.4, 0.5) is 14.5 Å². The van der Waals surface area contributed by atoms with Gasteiger partial charge in [-0.05, 0) is 31.9 Å². The number of rotatable bonds is 4. The Bertz CT molecular complexity index is 569. The van der Waals surface area contributed by atoms with Gasteiger partial charge in [0.25, 0.3) is 0 Å². The van der Waals surface area contributed by atoms with Crippen LogP contribution in [0.15, 0.2) is 12.1 Å². The predicted octanol–water partition coefficient (Wildman–Crippen LogP) is 1.89. The van der Waals surface area contributed by atoms with E-state index in [0.29, 0.717) is 12.8 Å². The van der Waals surface area contributed by atoms with Crippen LogP contribution in [0, 0.1) is 11.6 Å². The summed E-state index contributed by atoms with van der Waals surface area (Å²) in [5.41, 5.74) is 4.89. The Morgan fingerprint density at radius 3 is 2.50 bits per heavy atom. The molecule has 0 heterocycles. The standard InChI is InChI=1S/C11H14F2N2O2S/c1-6(14)10-8(12)4-5-9(11(10)13)15-18(16,17)7-2-3-7/h4-7,15H,2-3,14H2,1H3. The van der Waals surface area contributed by atoms with E-state index in [0.717, 1.165) is 12.1 Å². The Morgan fingerprint density at radius 1 is 1.39 bits per heavy atom. The average Bonchev–Trinajstić information content (AvgIpc) is 3.05. The molecular formula is C11H14F2N2O2S. The molecule has 1 aliphatic carbocycles. The summed E-state index contributed by atoms with van der Waals surface area (Å²) in [6, 6.07) is 1.22. The van der Waals surface area contributed by atoms with Crippen molar-refractivity contribution in [1.29, 1.82) is 0 Å². The molecule has 100 valence electrons. The first-order valence-corrected chi connectivity index (χ1v) is 7.12. The van der Waals surface area contributed by atoms with Gasteiger partial charge in [-0.15, -0.1) is 0 Å². The molecule has 0 aromatic heterocycles. The normalized spacial score (nSPS) is 17.6. The first-order valence-electron chi connectivity index (χ1n) is 5.58. The van der Waals surface area contributed by atoms with Gasteiger partial charge < -0.3 is 5.73 Å². The second-order valence-corrected chi connectivity index (χ2v) is 6.42. The molecule has 1 saturated carbocycles. The molecule has 1 atom stereocenters. The molecule has 1 aromatic carbocycles. The van der Waals surface area contributed by atoms with Crippen LogP contribution in [0.25, 0.3) is 0 Å². The van der Waals surface area contributed by atoms with Crippen molar-refractivity contribution in [2.24, 2.45) is 5.73 Å². The molecule has 3 N–H and O–H groups in total. The monoisotopic (exact) mass is 276 g/mol. The van der Waals surface area contributed by atoms with Crippen LogP contribution < -0.4 is 10.5 Å². The Morgan fingerprint density at radius 2 is 2.00 bits per heavy atom. The van der Waals surface area contributed by atoms with E-state index in [1.165, 1.54) is 6.92 Å². The maximum Gasteiger partial charge on any atom is 0.235 e. The summed E-state index contributed by atoms with van der Waals surface area (Å²) in [5, 5.41) is -0.472. The third-order valence-corrected chi connectivity index (χ3v) is 4.65. The third kappa shape index (κ3) is 2.46. The van der Waals surface area contributed by atoms with E-state index in [1.54, 1.807) is 0 Å². The minimum atomic E-state index is -3.57. The largest absolute Gasteiger partial charge is 0.324 e. The molecule has 4 nitrogen and oxygen atoms in total. The highest BCUT2D eigenvalue weighted by atomic mass is 32.2. The van der Waals surface area contributed by atoms with E-state index >= 15 is 0 Å². The number of hydrogen-bond acceptors (Lipinski definition) is 3. The minimum Gasteiger partial charge on any atom is -0.324 e. The highest BCUT2D eigenvalue weighted by molar-refractivity contribution is 7.93. The molecule has 18 heavy (non-hydrogen) atoms. The lowest BCUT2D eigenvalue weighted by Gasteiger charge is -2.13. The van der Waals surface area contributed by atoms with E-state index in [4.69, 9.17) is 5.73 Å². The van der Waals surface area contributed by atoms with E-state index in [2.05, 4.69) is 4.72 Å². The quantitative estimate of drug-likeness (QED) is 0.882. The van der Waals surface area contributed by atoms with Crippen LogP contribution in [0.5, 0.6) is 0 Å². The van der Waals surface area contributed by atoms with Gasteiger partial charge in [-0.25, -0.2) is 17.2 Å². The molecule has 0 spiro atoms. The molecule has 7 heteroatoms. The number of benzene rings is 1. The van der Waals surface area contributed by atoms with E-state index in [9.17, 15) is 17.2 Å². The van der Waals surface area contributed by atoms with Gasteiger partial charge in [-0.2, -0.15) is 0 Å². The van der Waals surface area contributed by atoms with Crippen molar-refractivity contribution in [3.63, 3.8) is 0 Å². The van der Waals surface area contributed by atoms with Gasteiger partial charge in [-0.3, -0.25) is 4.72 Å². The number of sulfonamides is 1. The van der Waals surface area contributed by atoms with Crippen molar-refractivity contribution in [1.82, 2.24) is 0 Å². The maximum absolute atomic E-state index is 14.0. The number of hydrogen-bond donors (Lipinski definition) is 2. The van der Waals surface area contributed by atoms with Gasteiger partial charge >= 0.3 is 0 Å². The number of nitrogens with two attached hydrogens (primary N) is 1. The minimum absolute atomic E-state index is 0.254. The molecule has 0 saturated heterocycles. The van der Waals surface area contributed by atoms with E-state index in [1.807, 2.05) is 0 Å². The van der Waals surface area contributed by atoms with Crippen molar-refractivity contribution in [3.8, 4) is 0 Å². The molecule has 1 aromatic rings. The average molecular weight is 276 g/mol. The van der Waals surface area contributed by atoms with Gasteiger partial charge in [0, 0.05) is 11.6 Å². The number of anilines is 1. The highest BCUT2D eigenvalue weighted by Gasteiger charge is 2.36. The van der Waals surface area contributed by atoms with Crippen molar-refractivity contribution in [2.45, 2.75) is 31.1 Å². The van der Waals surface area contributed by atoms with E-state index < -0.39 is 32.9 Å². The lowest BCUT2D eigenvalue weighted by molar-refractivity contribution is 0.539. The summed E-state index contributed by atoms with van der Waals surface area (Å²) in [7, 11) is -3.57. The summed E-state index contributed by atoms with van der Waals surface area (Å²) in [6.07, 6.45) is 1.14. The Kier molecular flexibility index (Phi) is 3.29. The number of halogens is 2. The SMILES string of the molecule is CC(N)c1c(F)ccc(NS(=O)(=O)C2CC2)c1F. The Balaban J connectivity index is 2.37. The first kappa shape index (κ1) is 13.2. The second-order valence-electron chi connectivity index (χ2n) is 4.46. The van der Waals surface area contributed by atoms with Crippen LogP contribution in [-0.4, -0.2) is 13.7 Å². The molecule has 0 amide bonds. The van der Waals surface area contributed by atoms with Crippen LogP contribution in [-0.2, 0) is 10.0 Å². The maximum atomic E-state index is 14.0. The zero-order chi connectivity index (χ0) is 13.5. The summed E-state index contributed by atoms with van der Waals surface area (Å²) in [6.45, 7) is 1.43. The van der Waals surface area contributed by atoms with E-state index in [-0.39, 0.29) is 11.3 Å². The van der Waals surface area contributed by atoms with Crippen molar-refractivity contribution >= 4 is 15.7 Å². The van der Waals surface area contributed by atoms with Crippen molar-refractivity contribution in [3.05, 3.63) is 29.3 Å². The molecular weight excluding hydrogens is 262 g/mol. The van der Waals surface area contributed by atoms with Crippen molar-refractivity contribution < 1.29 is 17.2 Å². The summed E-state index contributed by atoms with van der Waals surface area (Å²) in [5.74, 6) is -1.73. The fourth-order valence-electron chi connectivity index (χ4n) is 1.68. The summed E-state index contributed by atoms with van der Waals surface area (Å²) in [4.78, 5) is 0. The predicted molar refractivity (Wildman–Crippen MR) is 64.5 cm³/mol. The molecule has 1 unspecified atom stereocenters. The second kappa shape index (κ2) is 4.47. The molecule has 0 aliphatic heterocycles. The highest BCUT2D eigenvalue weighted by Crippen LogP contribution is 2.32. The fraction of sp³-hybridized carbons (Fsp3) is 0.455. The lowest BCUT2D eigenvalue weighted by atomic mass is 10.1. The Hall–Kier alpha value is -1.21. The van der Waals surface area contributed by atoms with Gasteiger partial charge in [0.1, 0.15) is 5.82 Å². The molecule has 0 radical (unpaired) electrons. The summed E-state index contributed by atoms with van der Waals surface area (Å²) < 4.78 is 52.8. The zero-order valence-corrected chi connectivity index (χ0v) is 10.6. The van der Waals surface area contributed by atoms with Gasteiger partial charge in [0.2, 0.25) is 10.0 Å². The van der Waals surface area contributed by atoms with Gasteiger partial charge in [0.05, 0.1) is 10.9 Å². The van der Waals surface area contributed by atoms with Crippen LogP contribution in [0.2, 0.25) is 0 Å². The molecule has 0 bridgehead atoms. The van der Waals surface area contributed by atoms with Crippen molar-refractivity contribution in [2.75, 3.05) is 4.72 Å².